The maximum absolute atomic E-state index is 11.5. The summed E-state index contributed by atoms with van der Waals surface area (Å²) in [5.74, 6) is 0.722. The summed E-state index contributed by atoms with van der Waals surface area (Å²) >= 11 is 0. The molecule has 1 atom stereocenters. The molecule has 0 radical (unpaired) electrons. The molecule has 114 valence electrons. The van der Waals surface area contributed by atoms with Gasteiger partial charge in [0.2, 0.25) is 5.91 Å². The van der Waals surface area contributed by atoms with E-state index in [1.165, 1.54) is 5.56 Å². The van der Waals surface area contributed by atoms with E-state index in [0.29, 0.717) is 18.4 Å². The number of anilines is 1. The molecule has 0 aliphatic carbocycles. The van der Waals surface area contributed by atoms with Crippen LogP contribution in [-0.2, 0) is 16.0 Å². The zero-order valence-corrected chi connectivity index (χ0v) is 12.7. The van der Waals surface area contributed by atoms with E-state index in [-0.39, 0.29) is 5.91 Å². The molecule has 2 aliphatic rings. The smallest absolute Gasteiger partial charge is 0.228 e. The number of hydrogen-bond donors (Lipinski definition) is 2. The second kappa shape index (κ2) is 6.58. The van der Waals surface area contributed by atoms with Crippen molar-refractivity contribution >= 4 is 11.6 Å². The van der Waals surface area contributed by atoms with Gasteiger partial charge in [-0.2, -0.15) is 0 Å². The monoisotopic (exact) mass is 288 g/mol. The SMILES string of the molecule is CCCNC(c1ccc2c(c1)CC(=O)N2)C1CCOCC1. The number of carbonyl (C=O) groups excluding carboxylic acids is 1. The van der Waals surface area contributed by atoms with E-state index in [0.717, 1.165) is 50.3 Å². The maximum Gasteiger partial charge on any atom is 0.228 e. The third kappa shape index (κ3) is 3.27. The lowest BCUT2D eigenvalue weighted by molar-refractivity contribution is -0.115. The Kier molecular flexibility index (Phi) is 4.56. The Morgan fingerprint density at radius 2 is 2.19 bits per heavy atom. The van der Waals surface area contributed by atoms with Crippen LogP contribution in [0.15, 0.2) is 18.2 Å². The first-order valence-corrected chi connectivity index (χ1v) is 8.01. The molecule has 1 unspecified atom stereocenters. The Balaban J connectivity index is 1.82. The van der Waals surface area contributed by atoms with Crippen molar-refractivity contribution in [1.29, 1.82) is 0 Å². The summed E-state index contributed by atoms with van der Waals surface area (Å²) in [5, 5.41) is 6.60. The molecule has 1 saturated heterocycles. The van der Waals surface area contributed by atoms with Crippen LogP contribution in [0.3, 0.4) is 0 Å². The largest absolute Gasteiger partial charge is 0.381 e. The molecule has 1 amide bonds. The first-order valence-electron chi connectivity index (χ1n) is 8.01. The Bertz CT molecular complexity index is 510. The molecule has 1 aromatic rings. The quantitative estimate of drug-likeness (QED) is 0.876. The van der Waals surface area contributed by atoms with Crippen molar-refractivity contribution in [3.05, 3.63) is 29.3 Å². The molecule has 1 fully saturated rings. The van der Waals surface area contributed by atoms with Crippen molar-refractivity contribution in [1.82, 2.24) is 5.32 Å². The number of hydrogen-bond acceptors (Lipinski definition) is 3. The number of fused-ring (bicyclic) bond motifs is 1. The van der Waals surface area contributed by atoms with Gasteiger partial charge in [-0.1, -0.05) is 19.1 Å². The van der Waals surface area contributed by atoms with Crippen molar-refractivity contribution in [2.75, 3.05) is 25.1 Å². The predicted molar refractivity (Wildman–Crippen MR) is 83.4 cm³/mol. The van der Waals surface area contributed by atoms with Crippen LogP contribution in [0.25, 0.3) is 0 Å². The first-order chi connectivity index (χ1) is 10.3. The summed E-state index contributed by atoms with van der Waals surface area (Å²) in [7, 11) is 0. The third-order valence-corrected chi connectivity index (χ3v) is 4.47. The molecule has 0 saturated carbocycles. The van der Waals surface area contributed by atoms with Gasteiger partial charge < -0.3 is 15.4 Å². The summed E-state index contributed by atoms with van der Waals surface area (Å²) in [6.07, 6.45) is 3.85. The third-order valence-electron chi connectivity index (χ3n) is 4.47. The summed E-state index contributed by atoms with van der Waals surface area (Å²) in [6.45, 7) is 4.94. The minimum absolute atomic E-state index is 0.103. The Hall–Kier alpha value is -1.39. The molecular weight excluding hydrogens is 264 g/mol. The van der Waals surface area contributed by atoms with Gasteiger partial charge in [0.1, 0.15) is 0 Å². The summed E-state index contributed by atoms with van der Waals surface area (Å²) < 4.78 is 5.50. The Morgan fingerprint density at radius 3 is 2.95 bits per heavy atom. The van der Waals surface area contributed by atoms with Crippen molar-refractivity contribution in [3.8, 4) is 0 Å². The number of amides is 1. The topological polar surface area (TPSA) is 50.4 Å². The molecule has 2 aliphatic heterocycles. The fraction of sp³-hybridized carbons (Fsp3) is 0.588. The van der Waals surface area contributed by atoms with Gasteiger partial charge in [0.25, 0.3) is 0 Å². The van der Waals surface area contributed by atoms with E-state index in [2.05, 4.69) is 35.8 Å². The molecule has 4 nitrogen and oxygen atoms in total. The highest BCUT2D eigenvalue weighted by Gasteiger charge is 2.26. The molecule has 0 spiro atoms. The molecule has 2 heterocycles. The highest BCUT2D eigenvalue weighted by atomic mass is 16.5. The van der Waals surface area contributed by atoms with Crippen LogP contribution in [0.2, 0.25) is 0 Å². The lowest BCUT2D eigenvalue weighted by atomic mass is 9.86. The molecule has 3 rings (SSSR count). The number of carbonyl (C=O) groups is 1. The molecule has 2 N–H and O–H groups in total. The summed E-state index contributed by atoms with van der Waals surface area (Å²) in [6, 6.07) is 6.79. The summed E-state index contributed by atoms with van der Waals surface area (Å²) in [5.41, 5.74) is 3.42. The standard InChI is InChI=1S/C17H24N2O2/c1-2-7-18-17(12-5-8-21-9-6-12)13-3-4-15-14(10-13)11-16(20)19-15/h3-4,10,12,17-18H,2,5-9,11H2,1H3,(H,19,20). The van der Waals surface area contributed by atoms with Crippen LogP contribution in [-0.4, -0.2) is 25.7 Å². The minimum Gasteiger partial charge on any atom is -0.381 e. The van der Waals surface area contributed by atoms with Crippen LogP contribution in [0.1, 0.15) is 43.4 Å². The lowest BCUT2D eigenvalue weighted by Crippen LogP contribution is -2.32. The number of ether oxygens (including phenoxy) is 1. The van der Waals surface area contributed by atoms with Gasteiger partial charge in [-0.05, 0) is 48.9 Å². The van der Waals surface area contributed by atoms with Crippen molar-refractivity contribution in [2.45, 2.75) is 38.6 Å². The van der Waals surface area contributed by atoms with Crippen LogP contribution in [0.5, 0.6) is 0 Å². The van der Waals surface area contributed by atoms with E-state index < -0.39 is 0 Å². The lowest BCUT2D eigenvalue weighted by Gasteiger charge is -2.31. The average Bonchev–Trinajstić information content (AvgIpc) is 2.88. The van der Waals surface area contributed by atoms with Crippen molar-refractivity contribution in [3.63, 3.8) is 0 Å². The summed E-state index contributed by atoms with van der Waals surface area (Å²) in [4.78, 5) is 11.5. The molecule has 0 bridgehead atoms. The van der Waals surface area contributed by atoms with Crippen molar-refractivity contribution in [2.24, 2.45) is 5.92 Å². The predicted octanol–water partition coefficient (Wildman–Crippen LogP) is 2.65. The van der Waals surface area contributed by atoms with E-state index in [4.69, 9.17) is 4.74 Å². The van der Waals surface area contributed by atoms with Gasteiger partial charge in [-0.25, -0.2) is 0 Å². The fourth-order valence-electron chi connectivity index (χ4n) is 3.35. The van der Waals surface area contributed by atoms with Gasteiger partial charge in [-0.15, -0.1) is 0 Å². The van der Waals surface area contributed by atoms with E-state index in [1.807, 2.05) is 0 Å². The van der Waals surface area contributed by atoms with Gasteiger partial charge in [0, 0.05) is 24.9 Å². The van der Waals surface area contributed by atoms with Gasteiger partial charge in [0.15, 0.2) is 0 Å². The zero-order chi connectivity index (χ0) is 14.7. The van der Waals surface area contributed by atoms with Crippen LogP contribution < -0.4 is 10.6 Å². The van der Waals surface area contributed by atoms with Crippen LogP contribution in [0.4, 0.5) is 5.69 Å². The second-order valence-electron chi connectivity index (χ2n) is 6.02. The molecular formula is C17H24N2O2. The van der Waals surface area contributed by atoms with E-state index in [1.54, 1.807) is 0 Å². The molecule has 4 heteroatoms. The van der Waals surface area contributed by atoms with Gasteiger partial charge >= 0.3 is 0 Å². The maximum atomic E-state index is 11.5. The highest BCUT2D eigenvalue weighted by Crippen LogP contribution is 2.33. The zero-order valence-electron chi connectivity index (χ0n) is 12.7. The van der Waals surface area contributed by atoms with Gasteiger partial charge in [-0.3, -0.25) is 4.79 Å². The normalized spacial score (nSPS) is 20.1. The van der Waals surface area contributed by atoms with E-state index >= 15 is 0 Å². The molecule has 21 heavy (non-hydrogen) atoms. The number of benzene rings is 1. The number of nitrogens with one attached hydrogen (secondary N) is 2. The fourth-order valence-corrected chi connectivity index (χ4v) is 3.35. The van der Waals surface area contributed by atoms with Crippen molar-refractivity contribution < 1.29 is 9.53 Å². The molecule has 1 aromatic carbocycles. The number of rotatable bonds is 5. The molecule has 0 aromatic heterocycles. The first kappa shape index (κ1) is 14.5. The van der Waals surface area contributed by atoms with Gasteiger partial charge in [0.05, 0.1) is 6.42 Å². The Labute approximate surface area is 126 Å². The van der Waals surface area contributed by atoms with Crippen LogP contribution in [0, 0.1) is 5.92 Å². The second-order valence-corrected chi connectivity index (χ2v) is 6.02. The highest BCUT2D eigenvalue weighted by molar-refractivity contribution is 5.99. The Morgan fingerprint density at radius 1 is 1.38 bits per heavy atom. The van der Waals surface area contributed by atoms with E-state index in [9.17, 15) is 4.79 Å². The van der Waals surface area contributed by atoms with Crippen LogP contribution >= 0.6 is 0 Å². The minimum atomic E-state index is 0.103. The average molecular weight is 288 g/mol.